The third kappa shape index (κ3) is 3.72. The molecule has 0 saturated heterocycles. The molecule has 19 heavy (non-hydrogen) atoms. The summed E-state index contributed by atoms with van der Waals surface area (Å²) in [6.07, 6.45) is 0.628. The third-order valence-corrected chi connectivity index (χ3v) is 3.92. The minimum atomic E-state index is -4.75. The van der Waals surface area contributed by atoms with Crippen molar-refractivity contribution in [1.29, 1.82) is 0 Å². The van der Waals surface area contributed by atoms with Gasteiger partial charge in [0.2, 0.25) is 10.0 Å². The molecule has 104 valence electrons. The molecule has 0 aliphatic rings. The summed E-state index contributed by atoms with van der Waals surface area (Å²) in [4.78, 5) is -0.823. The van der Waals surface area contributed by atoms with E-state index in [0.29, 0.717) is 6.07 Å². The molecule has 0 heterocycles. The highest BCUT2D eigenvalue weighted by atomic mass is 32.2. The third-order valence-electron chi connectivity index (χ3n) is 2.39. The second kappa shape index (κ2) is 5.63. The average Bonchev–Trinajstić information content (AvgIpc) is 2.35. The van der Waals surface area contributed by atoms with Gasteiger partial charge in [-0.1, -0.05) is 25.0 Å². The number of hydrogen-bond donors (Lipinski definition) is 1. The van der Waals surface area contributed by atoms with Crippen molar-refractivity contribution in [1.82, 2.24) is 4.72 Å². The van der Waals surface area contributed by atoms with Crippen LogP contribution in [0.25, 0.3) is 0 Å². The average molecular weight is 291 g/mol. The summed E-state index contributed by atoms with van der Waals surface area (Å²) in [7, 11) is -4.31. The van der Waals surface area contributed by atoms with E-state index in [2.05, 4.69) is 10.6 Å². The Kier molecular flexibility index (Phi) is 4.61. The van der Waals surface area contributed by atoms with Crippen LogP contribution in [0.5, 0.6) is 0 Å². The molecule has 7 heteroatoms. The van der Waals surface area contributed by atoms with E-state index >= 15 is 0 Å². The second-order valence-electron chi connectivity index (χ2n) is 3.74. The van der Waals surface area contributed by atoms with Crippen LogP contribution < -0.4 is 4.72 Å². The standard InChI is InChI=1S/C12H12F3NO2S/c1-3-9(4-2)16-19(17,18)11-8-6-5-7-10(11)12(13,14)15/h1,5-9,16H,4H2,2H3. The maximum Gasteiger partial charge on any atom is 0.417 e. The maximum absolute atomic E-state index is 12.7. The Morgan fingerprint density at radius 1 is 1.37 bits per heavy atom. The smallest absolute Gasteiger partial charge is 0.207 e. The van der Waals surface area contributed by atoms with Crippen molar-refractivity contribution in [3.8, 4) is 12.3 Å². The summed E-state index contributed by atoms with van der Waals surface area (Å²) >= 11 is 0. The molecule has 0 bridgehead atoms. The number of rotatable bonds is 4. The van der Waals surface area contributed by atoms with Crippen LogP contribution in [0.1, 0.15) is 18.9 Å². The van der Waals surface area contributed by atoms with Crippen molar-refractivity contribution in [3.05, 3.63) is 29.8 Å². The van der Waals surface area contributed by atoms with Crippen LogP contribution in [-0.4, -0.2) is 14.5 Å². The molecule has 0 aromatic heterocycles. The van der Waals surface area contributed by atoms with Crippen molar-refractivity contribution < 1.29 is 21.6 Å². The molecule has 1 aromatic carbocycles. The monoisotopic (exact) mass is 291 g/mol. The Balaban J connectivity index is 3.27. The molecule has 0 aliphatic carbocycles. The SMILES string of the molecule is C#CC(CC)NS(=O)(=O)c1ccccc1C(F)(F)F. The first-order chi connectivity index (χ1) is 8.72. The first-order valence-corrected chi connectivity index (χ1v) is 6.85. The van der Waals surface area contributed by atoms with Crippen LogP contribution in [0.15, 0.2) is 29.2 Å². The Hall–Kier alpha value is -1.52. The van der Waals surface area contributed by atoms with Gasteiger partial charge in [0.05, 0.1) is 16.5 Å². The molecule has 0 aliphatic heterocycles. The van der Waals surface area contributed by atoms with Crippen LogP contribution >= 0.6 is 0 Å². The minimum absolute atomic E-state index is 0.282. The fourth-order valence-electron chi connectivity index (χ4n) is 1.42. The number of halogens is 3. The lowest BCUT2D eigenvalue weighted by molar-refractivity contribution is -0.139. The van der Waals surface area contributed by atoms with Gasteiger partial charge in [-0.25, -0.2) is 8.42 Å². The summed E-state index contributed by atoms with van der Waals surface area (Å²) in [6.45, 7) is 1.63. The van der Waals surface area contributed by atoms with E-state index in [1.54, 1.807) is 6.92 Å². The van der Waals surface area contributed by atoms with Crippen LogP contribution in [0, 0.1) is 12.3 Å². The zero-order valence-electron chi connectivity index (χ0n) is 10.0. The lowest BCUT2D eigenvalue weighted by Crippen LogP contribution is -2.34. The topological polar surface area (TPSA) is 46.2 Å². The van der Waals surface area contributed by atoms with Gasteiger partial charge < -0.3 is 0 Å². The van der Waals surface area contributed by atoms with Crippen molar-refractivity contribution in [3.63, 3.8) is 0 Å². The Morgan fingerprint density at radius 2 is 1.95 bits per heavy atom. The number of nitrogens with one attached hydrogen (secondary N) is 1. The van der Waals surface area contributed by atoms with Gasteiger partial charge in [0, 0.05) is 0 Å². The van der Waals surface area contributed by atoms with Gasteiger partial charge in [-0.3, -0.25) is 0 Å². The number of terminal acetylenes is 1. The molecule has 1 aromatic rings. The zero-order valence-corrected chi connectivity index (χ0v) is 10.8. The summed E-state index contributed by atoms with van der Waals surface area (Å²) in [5.41, 5.74) is -1.21. The molecule has 1 N–H and O–H groups in total. The minimum Gasteiger partial charge on any atom is -0.207 e. The van der Waals surface area contributed by atoms with Gasteiger partial charge in [0.15, 0.2) is 0 Å². The molecule has 0 spiro atoms. The molecule has 1 atom stereocenters. The van der Waals surface area contributed by atoms with Gasteiger partial charge in [-0.2, -0.15) is 17.9 Å². The fraction of sp³-hybridized carbons (Fsp3) is 0.333. The quantitative estimate of drug-likeness (QED) is 0.866. The molecule has 0 fully saturated rings. The molecule has 0 saturated carbocycles. The molecule has 1 rings (SSSR count). The molecular formula is C12H12F3NO2S. The first-order valence-electron chi connectivity index (χ1n) is 5.37. The van der Waals surface area contributed by atoms with E-state index in [9.17, 15) is 21.6 Å². The van der Waals surface area contributed by atoms with Crippen molar-refractivity contribution >= 4 is 10.0 Å². The normalized spacial score (nSPS) is 13.8. The van der Waals surface area contributed by atoms with Crippen LogP contribution in [0.2, 0.25) is 0 Å². The molecule has 3 nitrogen and oxygen atoms in total. The Labute approximate surface area is 109 Å². The number of hydrogen-bond acceptors (Lipinski definition) is 2. The highest BCUT2D eigenvalue weighted by molar-refractivity contribution is 7.89. The summed E-state index contributed by atoms with van der Waals surface area (Å²) in [5, 5.41) is 0. The van der Waals surface area contributed by atoms with E-state index in [-0.39, 0.29) is 6.42 Å². The summed E-state index contributed by atoms with van der Waals surface area (Å²) in [6, 6.07) is 3.12. The van der Waals surface area contributed by atoms with Gasteiger partial charge in [-0.15, -0.1) is 6.42 Å². The second-order valence-corrected chi connectivity index (χ2v) is 5.43. The molecule has 0 radical (unpaired) electrons. The highest BCUT2D eigenvalue weighted by Crippen LogP contribution is 2.33. The van der Waals surface area contributed by atoms with Gasteiger partial charge in [-0.05, 0) is 18.6 Å². The Morgan fingerprint density at radius 3 is 2.42 bits per heavy atom. The zero-order chi connectivity index (χ0) is 14.7. The maximum atomic E-state index is 12.7. The van der Waals surface area contributed by atoms with Crippen LogP contribution in [0.3, 0.4) is 0 Å². The number of alkyl halides is 3. The van der Waals surface area contributed by atoms with Crippen LogP contribution in [0.4, 0.5) is 13.2 Å². The number of sulfonamides is 1. The van der Waals surface area contributed by atoms with E-state index in [1.165, 1.54) is 6.07 Å². The van der Waals surface area contributed by atoms with E-state index < -0.39 is 32.7 Å². The van der Waals surface area contributed by atoms with Crippen molar-refractivity contribution in [2.75, 3.05) is 0 Å². The Bertz CT molecular complexity index is 588. The van der Waals surface area contributed by atoms with E-state index in [4.69, 9.17) is 6.42 Å². The highest BCUT2D eigenvalue weighted by Gasteiger charge is 2.37. The lowest BCUT2D eigenvalue weighted by Gasteiger charge is -2.15. The van der Waals surface area contributed by atoms with Crippen LogP contribution in [-0.2, 0) is 16.2 Å². The van der Waals surface area contributed by atoms with Gasteiger partial charge in [0.1, 0.15) is 0 Å². The van der Waals surface area contributed by atoms with Crippen molar-refractivity contribution in [2.45, 2.75) is 30.5 Å². The largest absolute Gasteiger partial charge is 0.417 e. The predicted octanol–water partition coefficient (Wildman–Crippen LogP) is 2.40. The van der Waals surface area contributed by atoms with E-state index in [1.807, 2.05) is 0 Å². The predicted molar refractivity (Wildman–Crippen MR) is 64.7 cm³/mol. The lowest BCUT2D eigenvalue weighted by atomic mass is 10.2. The number of benzene rings is 1. The molecular weight excluding hydrogens is 279 g/mol. The van der Waals surface area contributed by atoms with Gasteiger partial charge >= 0.3 is 6.18 Å². The molecule has 0 amide bonds. The molecule has 1 unspecified atom stereocenters. The summed E-state index contributed by atoms with van der Waals surface area (Å²) < 4.78 is 64.1. The van der Waals surface area contributed by atoms with Crippen molar-refractivity contribution in [2.24, 2.45) is 0 Å². The van der Waals surface area contributed by atoms with E-state index in [0.717, 1.165) is 12.1 Å². The first kappa shape index (κ1) is 15.5. The summed E-state index contributed by atoms with van der Waals surface area (Å²) in [5.74, 6) is 2.16. The van der Waals surface area contributed by atoms with Gasteiger partial charge in [0.25, 0.3) is 0 Å². The fourth-order valence-corrected chi connectivity index (χ4v) is 2.89.